The molecule has 16 heavy (non-hydrogen) atoms. The predicted octanol–water partition coefficient (Wildman–Crippen LogP) is 0.723. The molecule has 2 aliphatic rings. The van der Waals surface area contributed by atoms with Crippen LogP contribution in [0.2, 0.25) is 0 Å². The van der Waals surface area contributed by atoms with E-state index in [0.717, 1.165) is 30.0 Å². The first-order valence-electron chi connectivity index (χ1n) is 5.43. The molecule has 2 heterocycles. The van der Waals surface area contributed by atoms with Crippen molar-refractivity contribution in [2.24, 2.45) is 4.99 Å². The lowest BCUT2D eigenvalue weighted by molar-refractivity contribution is 0.156. The van der Waals surface area contributed by atoms with Crippen LogP contribution in [-0.4, -0.2) is 36.5 Å². The number of aliphatic hydroxyl groups excluding tert-OH is 1. The Kier molecular flexibility index (Phi) is 2.38. The third-order valence-electron chi connectivity index (χ3n) is 2.75. The molecule has 1 saturated heterocycles. The van der Waals surface area contributed by atoms with Gasteiger partial charge >= 0.3 is 0 Å². The van der Waals surface area contributed by atoms with Crippen LogP contribution in [-0.2, 0) is 15.9 Å². The molecule has 1 aromatic carbocycles. The number of aliphatic imine (C=N–C) groups is 1. The van der Waals surface area contributed by atoms with E-state index < -0.39 is 6.29 Å². The molecule has 1 fully saturated rings. The lowest BCUT2D eigenvalue weighted by Crippen LogP contribution is -2.03. The second kappa shape index (κ2) is 3.88. The van der Waals surface area contributed by atoms with Crippen LogP contribution in [0.1, 0.15) is 11.1 Å². The first kappa shape index (κ1) is 9.81. The molecule has 3 rings (SSSR count). The van der Waals surface area contributed by atoms with Crippen LogP contribution in [0.3, 0.4) is 0 Å². The Balaban J connectivity index is 1.77. The van der Waals surface area contributed by atoms with E-state index >= 15 is 0 Å². The number of hydrogen-bond acceptors (Lipinski definition) is 4. The Labute approximate surface area is 93.5 Å². The van der Waals surface area contributed by atoms with Gasteiger partial charge in [0.05, 0.1) is 6.54 Å². The van der Waals surface area contributed by atoms with Crippen LogP contribution in [0.4, 0.5) is 0 Å². The first-order chi connectivity index (χ1) is 7.83. The number of benzene rings is 1. The van der Waals surface area contributed by atoms with Crippen molar-refractivity contribution in [1.29, 1.82) is 0 Å². The van der Waals surface area contributed by atoms with E-state index in [2.05, 4.69) is 4.99 Å². The number of ether oxygens (including phenoxy) is 2. The van der Waals surface area contributed by atoms with E-state index in [4.69, 9.17) is 14.6 Å². The van der Waals surface area contributed by atoms with E-state index in [1.165, 1.54) is 0 Å². The van der Waals surface area contributed by atoms with Gasteiger partial charge in [0.15, 0.2) is 6.29 Å². The third kappa shape index (κ3) is 1.94. The van der Waals surface area contributed by atoms with Crippen LogP contribution >= 0.6 is 0 Å². The minimum Gasteiger partial charge on any atom is -0.476 e. The van der Waals surface area contributed by atoms with E-state index in [0.29, 0.717) is 6.61 Å². The first-order valence-corrected chi connectivity index (χ1v) is 5.43. The molecule has 4 nitrogen and oxygen atoms in total. The average Bonchev–Trinajstić information content (AvgIpc) is 2.83. The quantitative estimate of drug-likeness (QED) is 0.762. The van der Waals surface area contributed by atoms with Gasteiger partial charge in [0.25, 0.3) is 0 Å². The molecule has 1 N–H and O–H groups in total. The van der Waals surface area contributed by atoms with Crippen molar-refractivity contribution in [3.05, 3.63) is 35.4 Å². The van der Waals surface area contributed by atoms with Gasteiger partial charge in [-0.15, -0.1) is 0 Å². The minimum atomic E-state index is -0.580. The zero-order chi connectivity index (χ0) is 11.0. The summed E-state index contributed by atoms with van der Waals surface area (Å²) in [4.78, 5) is 4.27. The van der Waals surface area contributed by atoms with Gasteiger partial charge in [0.2, 0.25) is 5.90 Å². The zero-order valence-corrected chi connectivity index (χ0v) is 8.80. The molecule has 1 aromatic rings. The van der Waals surface area contributed by atoms with E-state index in [9.17, 15) is 0 Å². The van der Waals surface area contributed by atoms with Crippen molar-refractivity contribution in [3.8, 4) is 0 Å². The highest BCUT2D eigenvalue weighted by Crippen LogP contribution is 2.23. The molecule has 2 aliphatic heterocycles. The molecule has 0 aromatic heterocycles. The molecule has 2 atom stereocenters. The van der Waals surface area contributed by atoms with Crippen LogP contribution in [0.25, 0.3) is 0 Å². The molecule has 0 amide bonds. The van der Waals surface area contributed by atoms with Gasteiger partial charge in [-0.2, -0.15) is 0 Å². The van der Waals surface area contributed by atoms with Crippen LogP contribution in [0.5, 0.6) is 0 Å². The van der Waals surface area contributed by atoms with E-state index in [1.807, 2.05) is 24.3 Å². The second-order valence-corrected chi connectivity index (χ2v) is 4.00. The van der Waals surface area contributed by atoms with Crippen molar-refractivity contribution >= 4 is 5.90 Å². The van der Waals surface area contributed by atoms with Gasteiger partial charge < -0.3 is 14.6 Å². The van der Waals surface area contributed by atoms with Gasteiger partial charge in [-0.25, -0.2) is 4.99 Å². The van der Waals surface area contributed by atoms with Crippen molar-refractivity contribution in [2.45, 2.75) is 18.8 Å². The van der Waals surface area contributed by atoms with Crippen molar-refractivity contribution in [2.75, 3.05) is 13.2 Å². The van der Waals surface area contributed by atoms with Gasteiger partial charge in [-0.3, -0.25) is 0 Å². The highest BCUT2D eigenvalue weighted by atomic mass is 16.7. The largest absolute Gasteiger partial charge is 0.476 e. The summed E-state index contributed by atoms with van der Waals surface area (Å²) in [5.41, 5.74) is 2.14. The van der Waals surface area contributed by atoms with Gasteiger partial charge in [0.1, 0.15) is 12.7 Å². The third-order valence-corrected chi connectivity index (χ3v) is 2.75. The monoisotopic (exact) mass is 219 g/mol. The summed E-state index contributed by atoms with van der Waals surface area (Å²) in [7, 11) is 0. The Hall–Kier alpha value is -1.39. The maximum Gasteiger partial charge on any atom is 0.216 e. The van der Waals surface area contributed by atoms with Crippen LogP contribution in [0.15, 0.2) is 29.3 Å². The van der Waals surface area contributed by atoms with Crippen molar-refractivity contribution in [1.82, 2.24) is 0 Å². The van der Waals surface area contributed by atoms with Crippen LogP contribution in [0, 0.1) is 0 Å². The molecule has 0 saturated carbocycles. The summed E-state index contributed by atoms with van der Waals surface area (Å²) in [5, 5.41) is 9.10. The van der Waals surface area contributed by atoms with Crippen LogP contribution < -0.4 is 0 Å². The molecule has 4 heteroatoms. The number of hydrogen-bond donors (Lipinski definition) is 1. The Morgan fingerprint density at radius 3 is 3.00 bits per heavy atom. The average molecular weight is 219 g/mol. The number of nitrogens with zero attached hydrogens (tertiary/aromatic N) is 1. The Morgan fingerprint density at radius 2 is 2.31 bits per heavy atom. The molecule has 0 bridgehead atoms. The fourth-order valence-corrected chi connectivity index (χ4v) is 1.86. The molecule has 0 spiro atoms. The van der Waals surface area contributed by atoms with Crippen molar-refractivity contribution < 1.29 is 14.6 Å². The van der Waals surface area contributed by atoms with Gasteiger partial charge in [-0.1, -0.05) is 12.1 Å². The second-order valence-electron chi connectivity index (χ2n) is 4.00. The fourth-order valence-electron chi connectivity index (χ4n) is 1.86. The predicted molar refractivity (Wildman–Crippen MR) is 58.4 cm³/mol. The lowest BCUT2D eigenvalue weighted by Gasteiger charge is -2.04. The lowest BCUT2D eigenvalue weighted by atomic mass is 10.1. The fraction of sp³-hybridized carbons (Fsp3) is 0.417. The minimum absolute atomic E-state index is 0.0401. The van der Waals surface area contributed by atoms with Crippen molar-refractivity contribution in [3.63, 3.8) is 0 Å². The molecule has 1 unspecified atom stereocenters. The molecular weight excluding hydrogens is 206 g/mol. The number of epoxide rings is 1. The summed E-state index contributed by atoms with van der Waals surface area (Å²) in [5.74, 6) is 0.721. The molecule has 84 valence electrons. The van der Waals surface area contributed by atoms with E-state index in [-0.39, 0.29) is 6.10 Å². The SMILES string of the molecule is O[C@H]1OC1Cc1cccc(C2=NCCO2)c1. The molecular formula is C12H13NO3. The topological polar surface area (TPSA) is 54.3 Å². The zero-order valence-electron chi connectivity index (χ0n) is 8.80. The highest BCUT2D eigenvalue weighted by molar-refractivity contribution is 5.95. The Morgan fingerprint density at radius 1 is 1.44 bits per heavy atom. The smallest absolute Gasteiger partial charge is 0.216 e. The van der Waals surface area contributed by atoms with Gasteiger partial charge in [0, 0.05) is 12.0 Å². The number of rotatable bonds is 3. The summed E-state index contributed by atoms with van der Waals surface area (Å²) in [6.45, 7) is 1.41. The molecule has 0 radical (unpaired) electrons. The highest BCUT2D eigenvalue weighted by Gasteiger charge is 2.36. The standard InChI is InChI=1S/C12H13NO3/c14-12-10(16-12)7-8-2-1-3-9(6-8)11-13-4-5-15-11/h1-3,6,10,12,14H,4-5,7H2/t10?,12-/m0/s1. The maximum absolute atomic E-state index is 9.10. The summed E-state index contributed by atoms with van der Waals surface area (Å²) in [6, 6.07) is 8.02. The van der Waals surface area contributed by atoms with Gasteiger partial charge in [-0.05, 0) is 17.7 Å². The normalized spacial score (nSPS) is 27.4. The Bertz CT molecular complexity index is 430. The molecule has 0 aliphatic carbocycles. The maximum atomic E-state index is 9.10. The van der Waals surface area contributed by atoms with E-state index in [1.54, 1.807) is 0 Å². The summed E-state index contributed by atoms with van der Waals surface area (Å²) < 4.78 is 10.4. The number of aliphatic hydroxyl groups is 1. The summed E-state index contributed by atoms with van der Waals surface area (Å²) in [6.07, 6.45) is 0.118. The summed E-state index contributed by atoms with van der Waals surface area (Å²) >= 11 is 0.